The number of pyridine rings is 2. The third-order valence-electron chi connectivity index (χ3n) is 20.5. The van der Waals surface area contributed by atoms with Crippen LogP contribution in [0.1, 0.15) is 124 Å². The number of anilines is 4. The van der Waals surface area contributed by atoms with E-state index in [1.165, 1.54) is 62.4 Å². The molecule has 2 saturated carbocycles. The molecule has 15 rings (SSSR count). The molecule has 3 aliphatic heterocycles. The summed E-state index contributed by atoms with van der Waals surface area (Å²) in [5.41, 5.74) is 21.6. The zero-order valence-electron chi connectivity index (χ0n) is 57.9. The topological polar surface area (TPSA) is 138 Å². The summed E-state index contributed by atoms with van der Waals surface area (Å²) in [7, 11) is 3.01. The number of hydrogen-bond acceptors (Lipinski definition) is 12. The Bertz CT molecular complexity index is 5230. The first-order valence-corrected chi connectivity index (χ1v) is 37.3. The molecule has 3 aromatic heterocycles. The van der Waals surface area contributed by atoms with Crippen LogP contribution in [0, 0.1) is 6.57 Å². The number of nitrogens with one attached hydrogen (secondary N) is 2. The summed E-state index contributed by atoms with van der Waals surface area (Å²) in [5, 5.41) is 3.08. The van der Waals surface area contributed by atoms with Gasteiger partial charge >= 0.3 is 5.97 Å². The van der Waals surface area contributed by atoms with Crippen molar-refractivity contribution in [3.8, 4) is 11.1 Å². The van der Waals surface area contributed by atoms with Crippen LogP contribution in [0.5, 0.6) is 0 Å². The van der Waals surface area contributed by atoms with Gasteiger partial charge in [0.05, 0.1) is 30.3 Å². The predicted molar refractivity (Wildman–Crippen MR) is 419 cm³/mol. The monoisotopic (exact) mass is 1430 g/mol. The standard InChI is InChI=1S/C86H76N9O6S3/c1-56(92-46-41-63(42-47-92)62-39-44-91(45-40-62)48-43-88-101-55-67(87-2)49-60-29-37-77-73(51-60)70-17-11-19-75(70)94(77)68-33-25-58(26-34-68)22-21-57-23-31-66(32-24-57)85(99)100-4)89-80(96)54-93-82(97)79(103-84(93)81-83(98)90(3)86(102)104-81)53-61-30-38-78-74(52-61)71-18-12-20-76(71)95(78)69-35-27-59(28-36-69)50-72(64-13-7-5-8-14-64)65-15-9-6-10-16-65/h5-10,13-16,21-42,44-47,49-53,56,70-71,75-76,88H,11-12,17-20,43,48,54-55H2,1,3-4H3/q+1/p+1/b22-21+,67-49-,79-53+,84-81+. The lowest BCUT2D eigenvalue weighted by Crippen LogP contribution is -2.49. The molecule has 18 heteroatoms. The molecule has 5 aliphatic rings. The Morgan fingerprint density at radius 1 is 0.663 bits per heavy atom. The lowest BCUT2D eigenvalue weighted by molar-refractivity contribution is -0.723. The van der Waals surface area contributed by atoms with E-state index >= 15 is 0 Å². The second-order valence-electron chi connectivity index (χ2n) is 26.9. The van der Waals surface area contributed by atoms with E-state index < -0.39 is 6.17 Å². The van der Waals surface area contributed by atoms with Crippen molar-refractivity contribution < 1.29 is 33.1 Å². The normalized spacial score (nSPS) is 18.3. The van der Waals surface area contributed by atoms with Crippen molar-refractivity contribution in [1.29, 1.82) is 0 Å². The molecule has 0 radical (unpaired) electrons. The summed E-state index contributed by atoms with van der Waals surface area (Å²) in [4.78, 5) is 70.7. The van der Waals surface area contributed by atoms with Crippen LogP contribution in [0.4, 0.5) is 22.7 Å². The molecule has 15 nitrogen and oxygen atoms in total. The van der Waals surface area contributed by atoms with Crippen molar-refractivity contribution in [3.63, 3.8) is 0 Å². The number of aromatic nitrogens is 3. The number of carbonyl (C=O) groups is 3. The molecule has 2 N–H and O–H groups in total. The number of ether oxygens (including phenoxy) is 1. The second-order valence-corrected chi connectivity index (χ2v) is 29.6. The Morgan fingerprint density at radius 3 is 1.78 bits per heavy atom. The summed E-state index contributed by atoms with van der Waals surface area (Å²) in [6, 6.07) is 67.8. The SMILES string of the molecule is [C-]#[N+]/C(=C\c1ccc2c(c1)C1CCCC1N2c1ccc(/C=C/c2ccc(C(=O)OC)cc2)cc1)CONCC[n+]1ccc(-c2cc[n+](C(C)NC(=O)Cn3c(=O)/c(=C\c4ccc5c(c4)C4CCCC4N5c4ccc(C=C(c5ccccc5)c5ccccc5)cc4)s/c3=C3/SC(=S)N(C)C3=O)cc2)cc1. The van der Waals surface area contributed by atoms with Gasteiger partial charge in [0.1, 0.15) is 27.0 Å². The van der Waals surface area contributed by atoms with Gasteiger partial charge in [-0.2, -0.15) is 10.0 Å². The Morgan fingerprint density at radius 2 is 1.21 bits per heavy atom. The van der Waals surface area contributed by atoms with E-state index in [0.29, 0.717) is 66.7 Å². The first-order valence-electron chi connectivity index (χ1n) is 35.3. The number of thiocarbonyl (C=S) groups is 1. The van der Waals surface area contributed by atoms with Crippen LogP contribution in [0.15, 0.2) is 229 Å². The molecule has 0 bridgehead atoms. The van der Waals surface area contributed by atoms with Gasteiger partial charge < -0.3 is 19.4 Å². The van der Waals surface area contributed by atoms with E-state index in [1.54, 1.807) is 19.2 Å². The molecule has 7 aromatic carbocycles. The minimum atomic E-state index is -0.471. The van der Waals surface area contributed by atoms with Crippen LogP contribution >= 0.6 is 35.3 Å². The third kappa shape index (κ3) is 14.5. The smallest absolute Gasteiger partial charge is 0.337 e. The summed E-state index contributed by atoms with van der Waals surface area (Å²) in [6.07, 6.45) is 24.3. The molecule has 1 saturated heterocycles. The van der Waals surface area contributed by atoms with Gasteiger partial charge in [-0.3, -0.25) is 29.2 Å². The fourth-order valence-electron chi connectivity index (χ4n) is 15.3. The second kappa shape index (κ2) is 30.6. The number of thiazole rings is 1. The summed E-state index contributed by atoms with van der Waals surface area (Å²) >= 11 is 7.91. The van der Waals surface area contributed by atoms with Crippen molar-refractivity contribution in [2.24, 2.45) is 0 Å². The van der Waals surface area contributed by atoms with E-state index in [2.05, 4.69) is 188 Å². The Hall–Kier alpha value is -10.9. The first kappa shape index (κ1) is 68.8. The van der Waals surface area contributed by atoms with Crippen LogP contribution in [0.25, 0.3) is 56.8 Å². The average molecular weight is 1430 g/mol. The number of rotatable bonds is 21. The highest BCUT2D eigenvalue weighted by Gasteiger charge is 2.44. The largest absolute Gasteiger partial charge is 0.465 e. The van der Waals surface area contributed by atoms with Crippen LogP contribution in [0.3, 0.4) is 0 Å². The van der Waals surface area contributed by atoms with Gasteiger partial charge in [0.15, 0.2) is 37.0 Å². The molecule has 3 fully saturated rings. The fourth-order valence-corrected chi connectivity index (χ4v) is 17.7. The van der Waals surface area contributed by atoms with E-state index in [1.807, 2.05) is 90.9 Å². The maximum Gasteiger partial charge on any atom is 0.337 e. The molecule has 2 aliphatic carbocycles. The highest BCUT2D eigenvalue weighted by Crippen LogP contribution is 2.54. The zero-order valence-corrected chi connectivity index (χ0v) is 60.4. The zero-order chi connectivity index (χ0) is 71.4. The predicted octanol–water partition coefficient (Wildman–Crippen LogP) is 14.5. The Kier molecular flexibility index (Phi) is 20.2. The summed E-state index contributed by atoms with van der Waals surface area (Å²) in [6.45, 7) is 10.9. The number of carbonyl (C=O) groups excluding carboxylic acids is 3. The number of benzene rings is 7. The van der Waals surface area contributed by atoms with Gasteiger partial charge in [0.25, 0.3) is 11.5 Å². The highest BCUT2D eigenvalue weighted by atomic mass is 32.2. The number of esters is 1. The average Bonchev–Trinajstić information content (AvgIpc) is 1.62. The van der Waals surface area contributed by atoms with Crippen molar-refractivity contribution in [2.45, 2.75) is 88.6 Å². The van der Waals surface area contributed by atoms with Crippen molar-refractivity contribution in [3.05, 3.63) is 311 Å². The maximum absolute atomic E-state index is 14.6. The summed E-state index contributed by atoms with van der Waals surface area (Å²) < 4.78 is 11.4. The van der Waals surface area contributed by atoms with E-state index in [0.717, 1.165) is 105 Å². The number of hydroxylamine groups is 1. The molecule has 104 heavy (non-hydrogen) atoms. The Labute approximate surface area is 618 Å². The first-order chi connectivity index (χ1) is 50.8. The van der Waals surface area contributed by atoms with Gasteiger partial charge in [-0.25, -0.2) is 14.2 Å². The van der Waals surface area contributed by atoms with E-state index in [4.69, 9.17) is 28.4 Å². The van der Waals surface area contributed by atoms with Gasteiger partial charge in [-0.05, 0) is 159 Å². The molecule has 518 valence electrons. The highest BCUT2D eigenvalue weighted by molar-refractivity contribution is 8.30. The quantitative estimate of drug-likeness (QED) is 0.0135. The van der Waals surface area contributed by atoms with Crippen molar-refractivity contribution in [1.82, 2.24) is 20.3 Å². The number of thioether (sulfide) groups is 1. The number of hydrogen-bond donors (Lipinski definition) is 2. The van der Waals surface area contributed by atoms with E-state index in [9.17, 15) is 19.2 Å². The van der Waals surface area contributed by atoms with Crippen LogP contribution in [0.2, 0.25) is 0 Å². The molecule has 0 spiro atoms. The number of fused-ring (bicyclic) bond motifs is 6. The van der Waals surface area contributed by atoms with Gasteiger partial charge in [-0.15, -0.1) is 11.3 Å². The van der Waals surface area contributed by atoms with Crippen molar-refractivity contribution in [2.75, 3.05) is 37.1 Å². The lowest BCUT2D eigenvalue weighted by Gasteiger charge is -2.27. The molecule has 2 amide bonds. The maximum atomic E-state index is 14.6. The minimum absolute atomic E-state index is 0.129. The summed E-state index contributed by atoms with van der Waals surface area (Å²) in [5.74, 6) is -0.276. The van der Waals surface area contributed by atoms with Crippen LogP contribution in [-0.4, -0.2) is 71.0 Å². The fraction of sp³-hybridized carbons (Fsp3) is 0.209. The molecule has 5 atom stereocenters. The third-order valence-corrected chi connectivity index (χ3v) is 23.3. The van der Waals surface area contributed by atoms with Crippen molar-refractivity contribution >= 4 is 121 Å². The molecule has 5 unspecified atom stereocenters. The minimum Gasteiger partial charge on any atom is -0.465 e. The molecule has 10 aromatic rings. The number of nitrogens with zero attached hydrogens (tertiary/aromatic N) is 7. The van der Waals surface area contributed by atoms with Gasteiger partial charge in [-0.1, -0.05) is 170 Å². The number of methoxy groups -OCH3 is 1. The van der Waals surface area contributed by atoms with E-state index in [-0.39, 0.29) is 36.5 Å². The lowest BCUT2D eigenvalue weighted by atomic mass is 9.95. The van der Waals surface area contributed by atoms with Gasteiger partial charge in [0.2, 0.25) is 12.1 Å². The molecular weight excluding hydrogens is 1350 g/mol. The Balaban J connectivity index is 0.556. The molecule has 6 heterocycles. The number of amides is 2. The van der Waals surface area contributed by atoms with Crippen LogP contribution in [-0.2, 0) is 32.3 Å². The van der Waals surface area contributed by atoms with Gasteiger partial charge in [0, 0.05) is 84.9 Å². The molecular formula is C86H77N9O6S3+2. The van der Waals surface area contributed by atoms with Crippen LogP contribution < -0.4 is 44.5 Å².